The Morgan fingerprint density at radius 2 is 2.05 bits per heavy atom. The number of hydrogen-bond donors (Lipinski definition) is 4. The van der Waals surface area contributed by atoms with Crippen molar-refractivity contribution < 1.29 is 27.1 Å². The maximum Gasteiger partial charge on any atom is 0.419 e. The minimum absolute atomic E-state index is 0.118. The summed E-state index contributed by atoms with van der Waals surface area (Å²) in [4.78, 5) is 22.4. The molecule has 1 aliphatic heterocycles. The van der Waals surface area contributed by atoms with E-state index in [2.05, 4.69) is 32.8 Å². The molecule has 0 unspecified atom stereocenters. The maximum absolute atomic E-state index is 14.9. The number of aromatic nitrogens is 2. The van der Waals surface area contributed by atoms with Crippen molar-refractivity contribution >= 4 is 28.3 Å². The molecule has 1 aliphatic rings. The molecule has 0 radical (unpaired) electrons. The summed E-state index contributed by atoms with van der Waals surface area (Å²) in [5, 5.41) is 5.06. The monoisotopic (exact) mass is 599 g/mol. The van der Waals surface area contributed by atoms with E-state index in [4.69, 9.17) is 4.74 Å². The third kappa shape index (κ3) is 7.49. The number of anilines is 1. The van der Waals surface area contributed by atoms with Gasteiger partial charge in [-0.1, -0.05) is 12.7 Å². The number of rotatable bonds is 11. The van der Waals surface area contributed by atoms with Gasteiger partial charge in [-0.2, -0.15) is 13.2 Å². The van der Waals surface area contributed by atoms with Crippen LogP contribution in [-0.4, -0.2) is 53.1 Å². The molecular weight excluding hydrogens is 566 g/mol. The highest BCUT2D eigenvalue weighted by molar-refractivity contribution is 6.06. The van der Waals surface area contributed by atoms with Crippen LogP contribution < -0.4 is 16.3 Å². The van der Waals surface area contributed by atoms with Crippen LogP contribution in [0.15, 0.2) is 78.4 Å². The molecule has 43 heavy (non-hydrogen) atoms. The van der Waals surface area contributed by atoms with Gasteiger partial charge in [0.05, 0.1) is 23.6 Å². The molecular formula is C30H33F4N7O2. The van der Waals surface area contributed by atoms with Gasteiger partial charge in [0, 0.05) is 66.6 Å². The molecule has 228 valence electrons. The number of carbonyl (C=O) groups is 1. The molecule has 1 amide bonds. The lowest BCUT2D eigenvalue weighted by Gasteiger charge is -2.21. The van der Waals surface area contributed by atoms with Crippen molar-refractivity contribution in [2.24, 2.45) is 0 Å². The van der Waals surface area contributed by atoms with E-state index in [-0.39, 0.29) is 23.4 Å². The summed E-state index contributed by atoms with van der Waals surface area (Å²) in [5.74, 6) is -2.07. The van der Waals surface area contributed by atoms with Gasteiger partial charge >= 0.3 is 6.18 Å². The number of nitrogens with zero attached hydrogens (tertiary/aromatic N) is 3. The van der Waals surface area contributed by atoms with E-state index < -0.39 is 23.5 Å². The first-order chi connectivity index (χ1) is 20.4. The molecule has 0 aliphatic carbocycles. The number of halogens is 4. The Morgan fingerprint density at radius 3 is 2.72 bits per heavy atom. The first-order valence-electron chi connectivity index (χ1n) is 13.3. The number of aromatic amines is 1. The molecule has 0 atom stereocenters. The first-order valence-corrected chi connectivity index (χ1v) is 13.3. The van der Waals surface area contributed by atoms with Crippen LogP contribution in [-0.2, 0) is 22.3 Å². The zero-order valence-corrected chi connectivity index (χ0v) is 24.2. The van der Waals surface area contributed by atoms with Crippen LogP contribution in [0.2, 0.25) is 0 Å². The highest BCUT2D eigenvalue weighted by Crippen LogP contribution is 2.35. The second-order valence-corrected chi connectivity index (χ2v) is 10.0. The van der Waals surface area contributed by atoms with Gasteiger partial charge in [0.2, 0.25) is 0 Å². The number of hydrazine groups is 2. The van der Waals surface area contributed by atoms with Gasteiger partial charge in [0.15, 0.2) is 0 Å². The fraction of sp³-hybridized carbons (Fsp3) is 0.267. The van der Waals surface area contributed by atoms with E-state index in [1.807, 2.05) is 12.1 Å². The van der Waals surface area contributed by atoms with Crippen LogP contribution in [0.25, 0.3) is 16.7 Å². The minimum Gasteiger partial charge on any atom is -0.383 e. The third-order valence-electron chi connectivity index (χ3n) is 6.67. The molecule has 0 saturated carbocycles. The summed E-state index contributed by atoms with van der Waals surface area (Å²) < 4.78 is 61.0. The Bertz CT molecular complexity index is 1610. The number of H-pyrrole nitrogens is 1. The van der Waals surface area contributed by atoms with E-state index in [0.717, 1.165) is 16.6 Å². The molecule has 0 spiro atoms. The molecule has 3 aromatic rings. The van der Waals surface area contributed by atoms with E-state index in [1.54, 1.807) is 55.5 Å². The van der Waals surface area contributed by atoms with Crippen molar-refractivity contribution in [3.8, 4) is 0 Å². The second-order valence-electron chi connectivity index (χ2n) is 10.0. The lowest BCUT2D eigenvalue weighted by atomic mass is 10.1. The number of allylic oxidation sites excluding steroid dienone is 2. The van der Waals surface area contributed by atoms with Gasteiger partial charge in [0.25, 0.3) is 5.91 Å². The van der Waals surface area contributed by atoms with Gasteiger partial charge in [-0.05, 0) is 56.8 Å². The third-order valence-corrected chi connectivity index (χ3v) is 6.67. The normalized spacial score (nSPS) is 14.3. The van der Waals surface area contributed by atoms with Crippen molar-refractivity contribution in [2.45, 2.75) is 26.6 Å². The standard InChI is InChI=1S/C30H33F4N7O2/c1-6-19(13-26(18(2)3)41-17-25(38-39-41)21-11-20-7-8-35-28(20)36-15-21)29(42)37-23-12-22(16-40(4)9-10-43-5)27(31)24(14-23)30(32,33)34/h6-8,11-15,17,38-39H,2,9-10,16H2,1,3-5H3,(H,35,36)(H,37,42)/b19-6+,26-13+. The van der Waals surface area contributed by atoms with Crippen LogP contribution >= 0.6 is 0 Å². The van der Waals surface area contributed by atoms with Crippen molar-refractivity contribution in [1.29, 1.82) is 0 Å². The van der Waals surface area contributed by atoms with E-state index in [9.17, 15) is 22.4 Å². The largest absolute Gasteiger partial charge is 0.419 e. The van der Waals surface area contributed by atoms with Crippen molar-refractivity contribution in [1.82, 2.24) is 30.8 Å². The molecule has 4 rings (SSSR count). The van der Waals surface area contributed by atoms with Crippen LogP contribution in [0.3, 0.4) is 0 Å². The quantitative estimate of drug-likeness (QED) is 0.132. The molecule has 2 aromatic heterocycles. The van der Waals surface area contributed by atoms with Crippen LogP contribution in [0, 0.1) is 5.82 Å². The summed E-state index contributed by atoms with van der Waals surface area (Å²) >= 11 is 0. The summed E-state index contributed by atoms with van der Waals surface area (Å²) in [6, 6.07) is 5.67. The number of carbonyl (C=O) groups excluding carboxylic acids is 1. The summed E-state index contributed by atoms with van der Waals surface area (Å²) in [6.45, 7) is 7.96. The van der Waals surface area contributed by atoms with Crippen LogP contribution in [0.4, 0.5) is 23.2 Å². The molecule has 4 N–H and O–H groups in total. The SMILES string of the molecule is C=C(C)/C(=C\C(=C/C)C(=O)Nc1cc(CN(C)CCOC)c(F)c(C(F)(F)F)c1)N1C=C(c2cnc3[nH]ccc3c2)NN1. The Morgan fingerprint density at radius 1 is 1.28 bits per heavy atom. The molecule has 9 nitrogen and oxygen atoms in total. The summed E-state index contributed by atoms with van der Waals surface area (Å²) in [5.41, 5.74) is 7.75. The van der Waals surface area contributed by atoms with Crippen molar-refractivity contribution in [3.05, 3.63) is 101 Å². The summed E-state index contributed by atoms with van der Waals surface area (Å²) in [6.07, 6.45) is 3.38. The van der Waals surface area contributed by atoms with Crippen LogP contribution in [0.5, 0.6) is 0 Å². The minimum atomic E-state index is -4.96. The van der Waals surface area contributed by atoms with Crippen LogP contribution in [0.1, 0.15) is 30.5 Å². The Labute approximate surface area is 246 Å². The predicted molar refractivity (Wildman–Crippen MR) is 157 cm³/mol. The fourth-order valence-corrected chi connectivity index (χ4v) is 4.40. The molecule has 3 heterocycles. The number of pyridine rings is 1. The van der Waals surface area contributed by atoms with Gasteiger partial charge in [-0.15, -0.1) is 5.53 Å². The number of alkyl halides is 3. The van der Waals surface area contributed by atoms with E-state index in [1.165, 1.54) is 19.3 Å². The molecule has 13 heteroatoms. The molecule has 0 bridgehead atoms. The lowest BCUT2D eigenvalue weighted by molar-refractivity contribution is -0.140. The van der Waals surface area contributed by atoms with Crippen molar-refractivity contribution in [2.75, 3.05) is 32.6 Å². The average molecular weight is 600 g/mol. The number of nitrogens with one attached hydrogen (secondary N) is 4. The zero-order valence-electron chi connectivity index (χ0n) is 24.2. The molecule has 0 saturated heterocycles. The average Bonchev–Trinajstić information content (AvgIpc) is 3.63. The zero-order chi connectivity index (χ0) is 31.3. The topological polar surface area (TPSA) is 97.6 Å². The molecule has 0 fully saturated rings. The first kappa shape index (κ1) is 31.5. The van der Waals surface area contributed by atoms with Gasteiger partial charge in [-0.3, -0.25) is 14.7 Å². The summed E-state index contributed by atoms with van der Waals surface area (Å²) in [7, 11) is 3.13. The molecule has 1 aromatic carbocycles. The van der Waals surface area contributed by atoms with Gasteiger partial charge in [0.1, 0.15) is 11.5 Å². The fourth-order valence-electron chi connectivity index (χ4n) is 4.40. The smallest absolute Gasteiger partial charge is 0.383 e. The number of likely N-dealkylation sites (N-methyl/N-ethyl adjacent to an activating group) is 1. The Balaban J connectivity index is 1.59. The second kappa shape index (κ2) is 13.2. The number of fused-ring (bicyclic) bond motifs is 1. The van der Waals surface area contributed by atoms with E-state index in [0.29, 0.717) is 36.2 Å². The van der Waals surface area contributed by atoms with E-state index >= 15 is 0 Å². The van der Waals surface area contributed by atoms with Gasteiger partial charge in [-0.25, -0.2) is 9.37 Å². The Hall–Kier alpha value is -4.46. The number of methoxy groups -OCH3 is 1. The highest BCUT2D eigenvalue weighted by atomic mass is 19.4. The Kier molecular flexibility index (Phi) is 9.69. The van der Waals surface area contributed by atoms with Crippen molar-refractivity contribution in [3.63, 3.8) is 0 Å². The highest BCUT2D eigenvalue weighted by Gasteiger charge is 2.36. The number of amides is 1. The maximum atomic E-state index is 14.9. The number of benzene rings is 1. The number of ether oxygens (including phenoxy) is 1. The predicted octanol–water partition coefficient (Wildman–Crippen LogP) is 5.47. The van der Waals surface area contributed by atoms with Gasteiger partial charge < -0.3 is 20.5 Å². The lowest BCUT2D eigenvalue weighted by Crippen LogP contribution is -2.36. The number of hydrogen-bond acceptors (Lipinski definition) is 7.